The van der Waals surface area contributed by atoms with Crippen molar-refractivity contribution < 1.29 is 18.7 Å². The standard InChI is InChI=1S/C16H13N5O4/c1-21-11(6-7-17-21)15-19-20-16(25-15)18-14(22)5-3-10-2-4-12-13(8-10)24-9-23-12/h2-8H,9H2,1H3,(H,18,20,22)/b5-3-. The van der Waals surface area contributed by atoms with E-state index in [-0.39, 0.29) is 18.7 Å². The van der Waals surface area contributed by atoms with Crippen LogP contribution in [0.4, 0.5) is 6.01 Å². The maximum Gasteiger partial charge on any atom is 0.322 e. The molecule has 0 fully saturated rings. The van der Waals surface area contributed by atoms with Crippen LogP contribution in [0.5, 0.6) is 11.5 Å². The molecule has 1 N–H and O–H groups in total. The van der Waals surface area contributed by atoms with Gasteiger partial charge in [0.05, 0.1) is 0 Å². The molecule has 0 spiro atoms. The first-order chi connectivity index (χ1) is 12.2. The van der Waals surface area contributed by atoms with Crippen LogP contribution >= 0.6 is 0 Å². The zero-order valence-electron chi connectivity index (χ0n) is 13.2. The topological polar surface area (TPSA) is 104 Å². The summed E-state index contributed by atoms with van der Waals surface area (Å²) in [5.41, 5.74) is 1.46. The Kier molecular flexibility index (Phi) is 3.65. The molecule has 1 aromatic carbocycles. The predicted octanol–water partition coefficient (Wildman–Crippen LogP) is 1.85. The molecule has 2 aromatic heterocycles. The predicted molar refractivity (Wildman–Crippen MR) is 86.7 cm³/mol. The molecule has 25 heavy (non-hydrogen) atoms. The van der Waals surface area contributed by atoms with E-state index >= 15 is 0 Å². The van der Waals surface area contributed by atoms with Crippen molar-refractivity contribution in [3.05, 3.63) is 42.1 Å². The van der Waals surface area contributed by atoms with Crippen molar-refractivity contribution in [2.45, 2.75) is 0 Å². The molecule has 0 saturated carbocycles. The summed E-state index contributed by atoms with van der Waals surface area (Å²) in [5.74, 6) is 1.23. The fourth-order valence-electron chi connectivity index (χ4n) is 2.30. The van der Waals surface area contributed by atoms with Gasteiger partial charge < -0.3 is 13.9 Å². The van der Waals surface area contributed by atoms with Gasteiger partial charge in [-0.05, 0) is 29.8 Å². The number of nitrogens with zero attached hydrogens (tertiary/aromatic N) is 4. The van der Waals surface area contributed by atoms with Gasteiger partial charge in [-0.1, -0.05) is 11.2 Å². The maximum atomic E-state index is 12.0. The quantitative estimate of drug-likeness (QED) is 0.723. The van der Waals surface area contributed by atoms with E-state index in [9.17, 15) is 4.79 Å². The molecule has 9 heteroatoms. The Morgan fingerprint density at radius 1 is 1.24 bits per heavy atom. The molecule has 0 bridgehead atoms. The molecule has 1 amide bonds. The van der Waals surface area contributed by atoms with E-state index in [0.29, 0.717) is 17.2 Å². The van der Waals surface area contributed by atoms with Crippen molar-refractivity contribution in [2.24, 2.45) is 7.05 Å². The lowest BCUT2D eigenvalue weighted by molar-refractivity contribution is -0.112. The lowest BCUT2D eigenvalue weighted by Gasteiger charge is -1.98. The van der Waals surface area contributed by atoms with E-state index in [1.54, 1.807) is 42.2 Å². The average Bonchev–Trinajstić information content (AvgIpc) is 3.33. The van der Waals surface area contributed by atoms with Crippen LogP contribution in [-0.2, 0) is 11.8 Å². The molecule has 1 aliphatic heterocycles. The number of nitrogens with one attached hydrogen (secondary N) is 1. The third-order valence-electron chi connectivity index (χ3n) is 3.52. The minimum Gasteiger partial charge on any atom is -0.454 e. The Bertz CT molecular complexity index is 959. The Morgan fingerprint density at radius 3 is 2.96 bits per heavy atom. The average molecular weight is 339 g/mol. The number of fused-ring (bicyclic) bond motifs is 1. The summed E-state index contributed by atoms with van der Waals surface area (Å²) in [5, 5.41) is 14.2. The fourth-order valence-corrected chi connectivity index (χ4v) is 2.30. The molecule has 9 nitrogen and oxygen atoms in total. The molecule has 0 unspecified atom stereocenters. The van der Waals surface area contributed by atoms with Crippen molar-refractivity contribution in [3.8, 4) is 23.1 Å². The summed E-state index contributed by atoms with van der Waals surface area (Å²) < 4.78 is 17.5. The maximum absolute atomic E-state index is 12.0. The van der Waals surface area contributed by atoms with Gasteiger partial charge in [-0.25, -0.2) is 0 Å². The number of aryl methyl sites for hydroxylation is 1. The number of benzene rings is 1. The van der Waals surface area contributed by atoms with Gasteiger partial charge in [0.15, 0.2) is 11.5 Å². The molecule has 0 radical (unpaired) electrons. The van der Waals surface area contributed by atoms with Gasteiger partial charge in [-0.15, -0.1) is 5.10 Å². The van der Waals surface area contributed by atoms with Gasteiger partial charge >= 0.3 is 6.01 Å². The third-order valence-corrected chi connectivity index (χ3v) is 3.52. The van der Waals surface area contributed by atoms with E-state index in [4.69, 9.17) is 13.9 Å². The van der Waals surface area contributed by atoms with Crippen LogP contribution in [-0.4, -0.2) is 32.7 Å². The summed E-state index contributed by atoms with van der Waals surface area (Å²) in [6.07, 6.45) is 4.63. The molecule has 1 aliphatic rings. The van der Waals surface area contributed by atoms with Gasteiger partial charge in [0.25, 0.3) is 11.8 Å². The number of rotatable bonds is 4. The molecule has 3 heterocycles. The minimum absolute atomic E-state index is 0.0107. The zero-order valence-corrected chi connectivity index (χ0v) is 13.2. The molecule has 0 aliphatic carbocycles. The summed E-state index contributed by atoms with van der Waals surface area (Å²) in [6.45, 7) is 0.207. The highest BCUT2D eigenvalue weighted by Crippen LogP contribution is 2.32. The minimum atomic E-state index is -0.391. The molecule has 126 valence electrons. The first-order valence-electron chi connectivity index (χ1n) is 7.39. The van der Waals surface area contributed by atoms with Crippen LogP contribution in [0.2, 0.25) is 0 Å². The van der Waals surface area contributed by atoms with Crippen LogP contribution < -0.4 is 14.8 Å². The second-order valence-electron chi connectivity index (χ2n) is 5.19. The molecular weight excluding hydrogens is 326 g/mol. The number of carbonyl (C=O) groups excluding carboxylic acids is 1. The molecule has 0 atom stereocenters. The van der Waals surface area contributed by atoms with Crippen molar-refractivity contribution in [2.75, 3.05) is 12.1 Å². The first kappa shape index (κ1) is 14.9. The zero-order chi connectivity index (χ0) is 17.2. The highest BCUT2D eigenvalue weighted by atomic mass is 16.7. The van der Waals surface area contributed by atoms with Crippen LogP contribution in [0.25, 0.3) is 17.7 Å². The van der Waals surface area contributed by atoms with Gasteiger partial charge in [0.2, 0.25) is 6.79 Å². The van der Waals surface area contributed by atoms with Crippen LogP contribution in [0, 0.1) is 0 Å². The number of amides is 1. The smallest absolute Gasteiger partial charge is 0.322 e. The van der Waals surface area contributed by atoms with Crippen molar-refractivity contribution in [1.29, 1.82) is 0 Å². The Balaban J connectivity index is 1.42. The van der Waals surface area contributed by atoms with E-state index in [2.05, 4.69) is 20.6 Å². The van der Waals surface area contributed by atoms with E-state index in [1.807, 2.05) is 6.07 Å². The second-order valence-corrected chi connectivity index (χ2v) is 5.19. The van der Waals surface area contributed by atoms with E-state index < -0.39 is 5.91 Å². The Labute approximate surface area is 141 Å². The SMILES string of the molecule is Cn1nccc1-c1nnc(NC(=O)/C=C\c2ccc3c(c2)OCO3)o1. The largest absolute Gasteiger partial charge is 0.454 e. The second kappa shape index (κ2) is 6.11. The number of carbonyl (C=O) groups is 1. The van der Waals surface area contributed by atoms with Gasteiger partial charge in [0, 0.05) is 19.3 Å². The van der Waals surface area contributed by atoms with Gasteiger partial charge in [0.1, 0.15) is 5.69 Å². The number of anilines is 1. The van der Waals surface area contributed by atoms with Crippen molar-refractivity contribution in [1.82, 2.24) is 20.0 Å². The third kappa shape index (κ3) is 3.07. The number of hydrogen-bond donors (Lipinski definition) is 1. The van der Waals surface area contributed by atoms with Crippen molar-refractivity contribution in [3.63, 3.8) is 0 Å². The molecular formula is C16H13N5O4. The van der Waals surface area contributed by atoms with E-state index in [0.717, 1.165) is 5.56 Å². The van der Waals surface area contributed by atoms with Gasteiger partial charge in [-0.2, -0.15) is 5.10 Å². The number of ether oxygens (including phenoxy) is 2. The number of aromatic nitrogens is 4. The summed E-state index contributed by atoms with van der Waals surface area (Å²) in [4.78, 5) is 12.0. The summed E-state index contributed by atoms with van der Waals surface area (Å²) >= 11 is 0. The highest BCUT2D eigenvalue weighted by Gasteiger charge is 2.14. The monoisotopic (exact) mass is 339 g/mol. The Morgan fingerprint density at radius 2 is 2.12 bits per heavy atom. The van der Waals surface area contributed by atoms with Crippen molar-refractivity contribution >= 4 is 18.0 Å². The highest BCUT2D eigenvalue weighted by molar-refractivity contribution is 6.00. The summed E-state index contributed by atoms with van der Waals surface area (Å²) in [6, 6.07) is 7.15. The molecule has 3 aromatic rings. The fraction of sp³-hybridized carbons (Fsp3) is 0.125. The first-order valence-corrected chi connectivity index (χ1v) is 7.39. The lowest BCUT2D eigenvalue weighted by Crippen LogP contribution is -2.07. The molecule has 0 saturated heterocycles. The lowest BCUT2D eigenvalue weighted by atomic mass is 10.2. The van der Waals surface area contributed by atoms with Crippen LogP contribution in [0.3, 0.4) is 0 Å². The normalized spacial score (nSPS) is 12.7. The summed E-state index contributed by atoms with van der Waals surface area (Å²) in [7, 11) is 1.76. The number of hydrogen-bond acceptors (Lipinski definition) is 7. The Hall–Kier alpha value is -3.62. The van der Waals surface area contributed by atoms with E-state index in [1.165, 1.54) is 6.08 Å². The molecule has 4 rings (SSSR count). The van der Waals surface area contributed by atoms with Crippen LogP contribution in [0.1, 0.15) is 5.56 Å². The van der Waals surface area contributed by atoms with Gasteiger partial charge in [-0.3, -0.25) is 14.8 Å². The van der Waals surface area contributed by atoms with Crippen LogP contribution in [0.15, 0.2) is 41.0 Å².